The average molecular weight is 395 g/mol. The molecule has 0 atom stereocenters. The summed E-state index contributed by atoms with van der Waals surface area (Å²) in [6.45, 7) is 3.87. The highest BCUT2D eigenvalue weighted by Gasteiger charge is 2.17. The minimum atomic E-state index is -0.756. The molecule has 2 heterocycles. The largest absolute Gasteiger partial charge is 0.515 e. The average Bonchev–Trinajstić information content (AvgIpc) is 3.06. The number of carbonyl (C=O) groups is 1. The second kappa shape index (κ2) is 7.52. The van der Waals surface area contributed by atoms with Crippen molar-refractivity contribution in [1.82, 2.24) is 9.97 Å². The number of ether oxygens (including phenoxy) is 2. The molecule has 2 aromatic heterocycles. The lowest BCUT2D eigenvalue weighted by Crippen LogP contribution is -2.11. The Labute approximate surface area is 167 Å². The smallest absolute Gasteiger partial charge is 0.434 e. The van der Waals surface area contributed by atoms with Gasteiger partial charge in [0.05, 0.1) is 18.3 Å². The molecule has 2 aromatic carbocycles. The van der Waals surface area contributed by atoms with Crippen molar-refractivity contribution in [3.8, 4) is 5.88 Å². The zero-order valence-corrected chi connectivity index (χ0v) is 16.3. The van der Waals surface area contributed by atoms with Crippen molar-refractivity contribution in [2.24, 2.45) is 0 Å². The summed E-state index contributed by atoms with van der Waals surface area (Å²) in [6.07, 6.45) is 1.62. The van der Waals surface area contributed by atoms with Crippen molar-refractivity contribution < 1.29 is 14.3 Å². The van der Waals surface area contributed by atoms with Crippen molar-refractivity contribution in [2.45, 2.75) is 20.3 Å². The third-order valence-electron chi connectivity index (χ3n) is 4.73. The van der Waals surface area contributed by atoms with Crippen LogP contribution in [0.4, 0.5) is 4.79 Å². The van der Waals surface area contributed by atoms with Gasteiger partial charge in [0.2, 0.25) is 5.88 Å². The molecule has 6 heteroatoms. The van der Waals surface area contributed by atoms with Crippen LogP contribution in [0, 0.1) is 6.92 Å². The van der Waals surface area contributed by atoms with Crippen molar-refractivity contribution in [3.63, 3.8) is 0 Å². The number of halogens is 1. The normalized spacial score (nSPS) is 11.1. The van der Waals surface area contributed by atoms with Gasteiger partial charge in [0.25, 0.3) is 0 Å². The quantitative estimate of drug-likeness (QED) is 0.444. The molecule has 1 N–H and O–H groups in total. The van der Waals surface area contributed by atoms with Gasteiger partial charge >= 0.3 is 6.16 Å². The third-order valence-corrected chi connectivity index (χ3v) is 5.10. The molecule has 4 aromatic rings. The Morgan fingerprint density at radius 1 is 1.07 bits per heavy atom. The van der Waals surface area contributed by atoms with E-state index in [2.05, 4.69) is 16.0 Å². The number of nitrogens with zero attached hydrogens (tertiary/aromatic N) is 1. The lowest BCUT2D eigenvalue weighted by Gasteiger charge is -2.09. The second-order valence-electron chi connectivity index (χ2n) is 6.49. The van der Waals surface area contributed by atoms with Crippen LogP contribution < -0.4 is 4.74 Å². The molecular weight excluding hydrogens is 376 g/mol. The summed E-state index contributed by atoms with van der Waals surface area (Å²) >= 11 is 6.37. The highest BCUT2D eigenvalue weighted by molar-refractivity contribution is 6.31. The van der Waals surface area contributed by atoms with Crippen molar-refractivity contribution in [2.75, 3.05) is 6.61 Å². The van der Waals surface area contributed by atoms with E-state index in [9.17, 15) is 4.79 Å². The molecule has 0 saturated carbocycles. The summed E-state index contributed by atoms with van der Waals surface area (Å²) in [5.74, 6) is 0.249. The van der Waals surface area contributed by atoms with Crippen molar-refractivity contribution in [1.29, 1.82) is 0 Å². The summed E-state index contributed by atoms with van der Waals surface area (Å²) in [5, 5.41) is 2.79. The first-order valence-electron chi connectivity index (χ1n) is 9.05. The number of rotatable bonds is 4. The van der Waals surface area contributed by atoms with E-state index in [0.717, 1.165) is 43.5 Å². The number of hydrogen-bond acceptors (Lipinski definition) is 4. The molecule has 142 valence electrons. The highest BCUT2D eigenvalue weighted by atomic mass is 35.5. The number of benzene rings is 2. The monoisotopic (exact) mass is 394 g/mol. The van der Waals surface area contributed by atoms with E-state index in [1.807, 2.05) is 43.3 Å². The molecule has 0 unspecified atom stereocenters. The Morgan fingerprint density at radius 2 is 1.86 bits per heavy atom. The van der Waals surface area contributed by atoms with Gasteiger partial charge in [0.15, 0.2) is 0 Å². The molecule has 0 amide bonds. The van der Waals surface area contributed by atoms with Crippen LogP contribution in [0.25, 0.3) is 21.8 Å². The number of aromatic nitrogens is 2. The van der Waals surface area contributed by atoms with Crippen LogP contribution in [-0.4, -0.2) is 22.7 Å². The molecule has 0 spiro atoms. The van der Waals surface area contributed by atoms with Gasteiger partial charge in [-0.05, 0) is 43.5 Å². The molecule has 4 rings (SSSR count). The highest BCUT2D eigenvalue weighted by Crippen LogP contribution is 2.35. The van der Waals surface area contributed by atoms with Gasteiger partial charge < -0.3 is 14.5 Å². The Balaban J connectivity index is 1.86. The minimum absolute atomic E-state index is 0.245. The Morgan fingerprint density at radius 3 is 2.64 bits per heavy atom. The van der Waals surface area contributed by atoms with E-state index in [1.165, 1.54) is 0 Å². The SMILES string of the molecule is CCOC(=O)Oc1ncc2[nH]c3cccc(Cc4ccccc4Cl)c3c2c1C. The molecular formula is C22H19ClN2O3. The van der Waals surface area contributed by atoms with Crippen LogP contribution in [0.2, 0.25) is 5.02 Å². The van der Waals surface area contributed by atoms with Gasteiger partial charge in [-0.3, -0.25) is 0 Å². The summed E-state index contributed by atoms with van der Waals surface area (Å²) in [4.78, 5) is 19.4. The van der Waals surface area contributed by atoms with Crippen molar-refractivity contribution in [3.05, 3.63) is 70.4 Å². The number of aryl methyl sites for hydroxylation is 1. The standard InChI is InChI=1S/C22H19ClN2O3/c1-3-27-22(26)28-21-13(2)19-18(12-24-21)25-17-10-6-8-15(20(17)19)11-14-7-4-5-9-16(14)23/h4-10,12,25H,3,11H2,1-2H3. The molecule has 5 nitrogen and oxygen atoms in total. The Hall–Kier alpha value is -3.05. The summed E-state index contributed by atoms with van der Waals surface area (Å²) in [6, 6.07) is 14.0. The van der Waals surface area contributed by atoms with Gasteiger partial charge in [-0.15, -0.1) is 0 Å². The lowest BCUT2D eigenvalue weighted by molar-refractivity contribution is 0.102. The van der Waals surface area contributed by atoms with E-state index in [4.69, 9.17) is 21.1 Å². The van der Waals surface area contributed by atoms with Crippen LogP contribution in [0.1, 0.15) is 23.6 Å². The first kappa shape index (κ1) is 18.3. The van der Waals surface area contributed by atoms with Gasteiger partial charge in [0, 0.05) is 26.9 Å². The Kier molecular flexibility index (Phi) is 4.92. The zero-order chi connectivity index (χ0) is 19.7. The van der Waals surface area contributed by atoms with Crippen LogP contribution in [0.3, 0.4) is 0 Å². The topological polar surface area (TPSA) is 64.2 Å². The van der Waals surface area contributed by atoms with Gasteiger partial charge in [0.1, 0.15) is 0 Å². The number of pyridine rings is 1. The Bertz CT molecular complexity index is 1180. The van der Waals surface area contributed by atoms with E-state index < -0.39 is 6.16 Å². The van der Waals surface area contributed by atoms with Crippen molar-refractivity contribution >= 4 is 39.6 Å². The number of H-pyrrole nitrogens is 1. The number of fused-ring (bicyclic) bond motifs is 3. The van der Waals surface area contributed by atoms with E-state index in [-0.39, 0.29) is 12.5 Å². The van der Waals surface area contributed by atoms with Crippen LogP contribution in [-0.2, 0) is 11.2 Å². The summed E-state index contributed by atoms with van der Waals surface area (Å²) in [5.41, 5.74) is 4.85. The first-order chi connectivity index (χ1) is 13.6. The maximum atomic E-state index is 11.7. The summed E-state index contributed by atoms with van der Waals surface area (Å²) in [7, 11) is 0. The molecule has 0 radical (unpaired) electrons. The molecule has 0 aliphatic carbocycles. The number of carbonyl (C=O) groups excluding carboxylic acids is 1. The number of nitrogens with one attached hydrogen (secondary N) is 1. The van der Waals surface area contributed by atoms with E-state index >= 15 is 0 Å². The van der Waals surface area contributed by atoms with Crippen LogP contribution in [0.5, 0.6) is 5.88 Å². The number of aromatic amines is 1. The molecule has 0 bridgehead atoms. The van der Waals surface area contributed by atoms with Gasteiger partial charge in [-0.1, -0.05) is 41.9 Å². The lowest BCUT2D eigenvalue weighted by atomic mass is 9.98. The molecule has 28 heavy (non-hydrogen) atoms. The maximum absolute atomic E-state index is 11.7. The molecule has 0 saturated heterocycles. The predicted octanol–water partition coefficient (Wildman–Crippen LogP) is 5.80. The molecule has 0 aliphatic heterocycles. The fourth-order valence-electron chi connectivity index (χ4n) is 3.48. The third kappa shape index (κ3) is 3.29. The zero-order valence-electron chi connectivity index (χ0n) is 15.6. The molecule has 0 fully saturated rings. The van der Waals surface area contributed by atoms with E-state index in [0.29, 0.717) is 6.42 Å². The maximum Gasteiger partial charge on any atom is 0.515 e. The second-order valence-corrected chi connectivity index (χ2v) is 6.90. The van der Waals surface area contributed by atoms with Crippen LogP contribution in [0.15, 0.2) is 48.7 Å². The number of hydrogen-bond donors (Lipinski definition) is 1. The molecule has 0 aliphatic rings. The summed E-state index contributed by atoms with van der Waals surface area (Å²) < 4.78 is 10.2. The van der Waals surface area contributed by atoms with Crippen LogP contribution >= 0.6 is 11.6 Å². The minimum Gasteiger partial charge on any atom is -0.434 e. The van der Waals surface area contributed by atoms with E-state index in [1.54, 1.807) is 13.1 Å². The van der Waals surface area contributed by atoms with Gasteiger partial charge in [-0.25, -0.2) is 9.78 Å². The predicted molar refractivity (Wildman–Crippen MR) is 110 cm³/mol. The fraction of sp³-hybridized carbons (Fsp3) is 0.182. The van der Waals surface area contributed by atoms with Gasteiger partial charge in [-0.2, -0.15) is 0 Å². The first-order valence-corrected chi connectivity index (χ1v) is 9.43. The fourth-order valence-corrected chi connectivity index (χ4v) is 3.68.